The van der Waals surface area contributed by atoms with Crippen LogP contribution in [0, 0.1) is 6.92 Å². The molecule has 1 atom stereocenters. The first-order valence-corrected chi connectivity index (χ1v) is 10.9. The third-order valence-electron chi connectivity index (χ3n) is 4.06. The number of aliphatic imine (C=N–C) groups is 1. The molecule has 1 fully saturated rings. The van der Waals surface area contributed by atoms with Crippen LogP contribution in [-0.2, 0) is 21.1 Å². The van der Waals surface area contributed by atoms with Crippen LogP contribution in [0.5, 0.6) is 5.75 Å². The zero-order chi connectivity index (χ0) is 19.0. The zero-order valence-corrected chi connectivity index (χ0v) is 16.6. The molecule has 0 spiro atoms. The lowest BCUT2D eigenvalue weighted by Crippen LogP contribution is -2.37. The van der Waals surface area contributed by atoms with Gasteiger partial charge in [-0.05, 0) is 25.0 Å². The number of guanidine groups is 1. The standard InChI is InChI=1S/C18H29N3O4S/c1-14-5-6-15(17(11-14)25-16-7-9-24-13-16)12-21-18(19-2)20-8-4-10-26(3,22)23/h5-6,11,16H,4,7-10,12-13H2,1-3H3,(H2,19,20,21). The van der Waals surface area contributed by atoms with Gasteiger partial charge in [-0.1, -0.05) is 12.1 Å². The minimum absolute atomic E-state index is 0.101. The van der Waals surface area contributed by atoms with E-state index < -0.39 is 9.84 Å². The predicted molar refractivity (Wildman–Crippen MR) is 104 cm³/mol. The third kappa shape index (κ3) is 7.21. The fourth-order valence-corrected chi connectivity index (χ4v) is 3.31. The third-order valence-corrected chi connectivity index (χ3v) is 5.09. The van der Waals surface area contributed by atoms with E-state index in [2.05, 4.69) is 21.7 Å². The van der Waals surface area contributed by atoms with Crippen molar-refractivity contribution >= 4 is 15.8 Å². The Bertz CT molecular complexity index is 713. The quantitative estimate of drug-likeness (QED) is 0.399. The Morgan fingerprint density at radius 3 is 2.85 bits per heavy atom. The van der Waals surface area contributed by atoms with Crippen molar-refractivity contribution in [1.82, 2.24) is 10.6 Å². The molecule has 1 saturated heterocycles. The molecule has 0 amide bonds. The molecule has 146 valence electrons. The van der Waals surface area contributed by atoms with E-state index in [0.717, 1.165) is 29.9 Å². The van der Waals surface area contributed by atoms with Gasteiger partial charge in [-0.3, -0.25) is 4.99 Å². The van der Waals surface area contributed by atoms with Gasteiger partial charge in [0.25, 0.3) is 0 Å². The summed E-state index contributed by atoms with van der Waals surface area (Å²) >= 11 is 0. The van der Waals surface area contributed by atoms with E-state index in [1.807, 2.05) is 19.1 Å². The number of rotatable bonds is 8. The van der Waals surface area contributed by atoms with Gasteiger partial charge in [0.1, 0.15) is 21.7 Å². The molecule has 1 heterocycles. The minimum Gasteiger partial charge on any atom is -0.488 e. The summed E-state index contributed by atoms with van der Waals surface area (Å²) in [6.45, 7) is 4.52. The molecule has 1 aromatic rings. The van der Waals surface area contributed by atoms with Crippen molar-refractivity contribution in [2.75, 3.05) is 38.8 Å². The summed E-state index contributed by atoms with van der Waals surface area (Å²) in [5.74, 6) is 1.66. The Morgan fingerprint density at radius 1 is 1.38 bits per heavy atom. The highest BCUT2D eigenvalue weighted by atomic mass is 32.2. The van der Waals surface area contributed by atoms with E-state index >= 15 is 0 Å². The molecule has 0 aliphatic carbocycles. The van der Waals surface area contributed by atoms with Crippen molar-refractivity contribution in [3.05, 3.63) is 29.3 Å². The summed E-state index contributed by atoms with van der Waals surface area (Å²) in [4.78, 5) is 4.17. The molecule has 1 aromatic carbocycles. The van der Waals surface area contributed by atoms with Gasteiger partial charge in [-0.25, -0.2) is 8.42 Å². The van der Waals surface area contributed by atoms with Crippen molar-refractivity contribution in [1.29, 1.82) is 0 Å². The van der Waals surface area contributed by atoms with Crippen LogP contribution in [0.2, 0.25) is 0 Å². The second kappa shape index (κ2) is 9.78. The molecule has 0 bridgehead atoms. The molecule has 0 aromatic heterocycles. The summed E-state index contributed by atoms with van der Waals surface area (Å²) in [5.41, 5.74) is 2.19. The van der Waals surface area contributed by atoms with Crippen LogP contribution >= 0.6 is 0 Å². The molecule has 1 aliphatic rings. The topological polar surface area (TPSA) is 89.0 Å². The van der Waals surface area contributed by atoms with Crippen LogP contribution < -0.4 is 15.4 Å². The summed E-state index contributed by atoms with van der Waals surface area (Å²) in [5, 5.41) is 6.38. The van der Waals surface area contributed by atoms with Gasteiger partial charge < -0.3 is 20.1 Å². The van der Waals surface area contributed by atoms with E-state index in [-0.39, 0.29) is 11.9 Å². The van der Waals surface area contributed by atoms with Crippen LogP contribution in [0.25, 0.3) is 0 Å². The highest BCUT2D eigenvalue weighted by Crippen LogP contribution is 2.23. The highest BCUT2D eigenvalue weighted by molar-refractivity contribution is 7.90. The largest absolute Gasteiger partial charge is 0.488 e. The lowest BCUT2D eigenvalue weighted by Gasteiger charge is -2.18. The van der Waals surface area contributed by atoms with E-state index in [0.29, 0.717) is 32.1 Å². The number of benzene rings is 1. The second-order valence-electron chi connectivity index (χ2n) is 6.55. The van der Waals surface area contributed by atoms with Gasteiger partial charge in [0.2, 0.25) is 0 Å². The minimum atomic E-state index is -2.93. The Labute approximate surface area is 156 Å². The van der Waals surface area contributed by atoms with Crippen molar-refractivity contribution in [3.8, 4) is 5.75 Å². The Balaban J connectivity index is 1.88. The summed E-state index contributed by atoms with van der Waals surface area (Å²) < 4.78 is 33.8. The summed E-state index contributed by atoms with van der Waals surface area (Å²) in [6.07, 6.45) is 2.79. The van der Waals surface area contributed by atoms with Gasteiger partial charge in [-0.15, -0.1) is 0 Å². The van der Waals surface area contributed by atoms with E-state index in [9.17, 15) is 8.42 Å². The normalized spacial score (nSPS) is 18.0. The lowest BCUT2D eigenvalue weighted by molar-refractivity contribution is 0.140. The van der Waals surface area contributed by atoms with E-state index in [4.69, 9.17) is 9.47 Å². The van der Waals surface area contributed by atoms with Gasteiger partial charge >= 0.3 is 0 Å². The van der Waals surface area contributed by atoms with Crippen molar-refractivity contribution in [3.63, 3.8) is 0 Å². The lowest BCUT2D eigenvalue weighted by atomic mass is 10.1. The molecule has 0 saturated carbocycles. The maximum atomic E-state index is 11.2. The van der Waals surface area contributed by atoms with Crippen molar-refractivity contribution in [2.45, 2.75) is 32.4 Å². The van der Waals surface area contributed by atoms with Gasteiger partial charge in [0, 0.05) is 38.4 Å². The van der Waals surface area contributed by atoms with Crippen LogP contribution in [0.1, 0.15) is 24.0 Å². The van der Waals surface area contributed by atoms with Crippen molar-refractivity contribution in [2.24, 2.45) is 4.99 Å². The number of aryl methyl sites for hydroxylation is 1. The Morgan fingerprint density at radius 2 is 2.19 bits per heavy atom. The van der Waals surface area contributed by atoms with Crippen molar-refractivity contribution < 1.29 is 17.9 Å². The summed E-state index contributed by atoms with van der Waals surface area (Å²) in [7, 11) is -1.24. The van der Waals surface area contributed by atoms with Gasteiger partial charge in [-0.2, -0.15) is 0 Å². The number of sulfone groups is 1. The average Bonchev–Trinajstić information content (AvgIpc) is 3.08. The molecule has 0 radical (unpaired) electrons. The van der Waals surface area contributed by atoms with Crippen LogP contribution in [-0.4, -0.2) is 59.3 Å². The van der Waals surface area contributed by atoms with Gasteiger partial charge in [0.15, 0.2) is 5.96 Å². The monoisotopic (exact) mass is 383 g/mol. The smallest absolute Gasteiger partial charge is 0.191 e. The molecule has 2 rings (SSSR count). The molecular formula is C18H29N3O4S. The number of ether oxygens (including phenoxy) is 2. The van der Waals surface area contributed by atoms with E-state index in [1.165, 1.54) is 6.26 Å². The second-order valence-corrected chi connectivity index (χ2v) is 8.81. The fourth-order valence-electron chi connectivity index (χ4n) is 2.64. The number of hydrogen-bond donors (Lipinski definition) is 2. The maximum absolute atomic E-state index is 11.2. The Hall–Kier alpha value is -1.80. The van der Waals surface area contributed by atoms with Crippen LogP contribution in [0.15, 0.2) is 23.2 Å². The maximum Gasteiger partial charge on any atom is 0.191 e. The number of nitrogens with one attached hydrogen (secondary N) is 2. The zero-order valence-electron chi connectivity index (χ0n) is 15.7. The first-order valence-electron chi connectivity index (χ1n) is 8.83. The molecule has 1 aliphatic heterocycles. The average molecular weight is 384 g/mol. The molecule has 1 unspecified atom stereocenters. The molecular weight excluding hydrogens is 354 g/mol. The number of nitrogens with zero attached hydrogens (tertiary/aromatic N) is 1. The SMILES string of the molecule is CN=C(NCCCS(C)(=O)=O)NCc1ccc(C)cc1OC1CCOC1. The highest BCUT2D eigenvalue weighted by Gasteiger charge is 2.18. The molecule has 7 nitrogen and oxygen atoms in total. The first kappa shape index (κ1) is 20.5. The van der Waals surface area contributed by atoms with Crippen LogP contribution in [0.4, 0.5) is 0 Å². The fraction of sp³-hybridized carbons (Fsp3) is 0.611. The Kier molecular flexibility index (Phi) is 7.71. The summed E-state index contributed by atoms with van der Waals surface area (Å²) in [6, 6.07) is 6.14. The van der Waals surface area contributed by atoms with E-state index in [1.54, 1.807) is 7.05 Å². The number of hydrogen-bond acceptors (Lipinski definition) is 5. The molecule has 8 heteroatoms. The van der Waals surface area contributed by atoms with Crippen LogP contribution in [0.3, 0.4) is 0 Å². The molecule has 2 N–H and O–H groups in total. The predicted octanol–water partition coefficient (Wildman–Crippen LogP) is 1.26. The first-order chi connectivity index (χ1) is 12.4. The van der Waals surface area contributed by atoms with Gasteiger partial charge in [0.05, 0.1) is 19.0 Å². The molecule has 26 heavy (non-hydrogen) atoms.